The largest absolute Gasteiger partial charge is 0.344 e. The Morgan fingerprint density at radius 1 is 1.43 bits per heavy atom. The molecule has 0 bridgehead atoms. The van der Waals surface area contributed by atoms with Gasteiger partial charge in [-0.05, 0) is 29.1 Å². The fourth-order valence-electron chi connectivity index (χ4n) is 1.37. The number of nitrogens with zero attached hydrogens (tertiary/aromatic N) is 1. The highest BCUT2D eigenvalue weighted by Crippen LogP contribution is 2.27. The zero-order valence-corrected chi connectivity index (χ0v) is 8.58. The Morgan fingerprint density at radius 2 is 2.29 bits per heavy atom. The predicted molar refractivity (Wildman–Crippen MR) is 56.3 cm³/mol. The molecule has 0 aliphatic heterocycles. The van der Waals surface area contributed by atoms with Crippen LogP contribution in [0.15, 0.2) is 35.0 Å². The second kappa shape index (κ2) is 3.84. The Balaban J connectivity index is 2.47. The highest BCUT2D eigenvalue weighted by molar-refractivity contribution is 6.31. The molecule has 0 spiro atoms. The number of rotatable bonds is 2. The average Bonchev–Trinajstić information content (AvgIpc) is 2.65. The topological polar surface area (TPSA) is 26.0 Å². The van der Waals surface area contributed by atoms with E-state index in [2.05, 4.69) is 24.2 Å². The average molecular weight is 208 g/mol. The second-order valence-corrected chi connectivity index (χ2v) is 3.41. The van der Waals surface area contributed by atoms with Crippen LogP contribution in [-0.2, 0) is 6.42 Å². The van der Waals surface area contributed by atoms with Gasteiger partial charge in [0.15, 0.2) is 0 Å². The van der Waals surface area contributed by atoms with Crippen molar-refractivity contribution in [1.29, 1.82) is 0 Å². The van der Waals surface area contributed by atoms with Gasteiger partial charge in [0.25, 0.3) is 0 Å². The maximum absolute atomic E-state index is 5.84. The van der Waals surface area contributed by atoms with Crippen molar-refractivity contribution in [2.75, 3.05) is 0 Å². The molecule has 2 aromatic rings. The molecule has 2 nitrogen and oxygen atoms in total. The van der Waals surface area contributed by atoms with Crippen molar-refractivity contribution in [3.05, 3.63) is 41.2 Å². The highest BCUT2D eigenvalue weighted by atomic mass is 35.5. The SMILES string of the molecule is CCc1cccc(-c2cnoc2Cl)c1. The smallest absolute Gasteiger partial charge is 0.233 e. The van der Waals surface area contributed by atoms with Crippen LogP contribution in [0.5, 0.6) is 0 Å². The summed E-state index contributed by atoms with van der Waals surface area (Å²) in [7, 11) is 0. The van der Waals surface area contributed by atoms with Crippen molar-refractivity contribution < 1.29 is 4.52 Å². The van der Waals surface area contributed by atoms with E-state index in [4.69, 9.17) is 16.1 Å². The molecule has 14 heavy (non-hydrogen) atoms. The van der Waals surface area contributed by atoms with E-state index >= 15 is 0 Å². The van der Waals surface area contributed by atoms with E-state index in [0.29, 0.717) is 5.22 Å². The lowest BCUT2D eigenvalue weighted by molar-refractivity contribution is 0.422. The molecule has 0 unspecified atom stereocenters. The van der Waals surface area contributed by atoms with Gasteiger partial charge < -0.3 is 4.52 Å². The molecule has 0 aliphatic rings. The van der Waals surface area contributed by atoms with Crippen molar-refractivity contribution in [2.24, 2.45) is 0 Å². The molecule has 1 aromatic carbocycles. The third-order valence-electron chi connectivity index (χ3n) is 2.17. The molecular weight excluding hydrogens is 198 g/mol. The van der Waals surface area contributed by atoms with Gasteiger partial charge in [0.2, 0.25) is 5.22 Å². The molecular formula is C11H10ClNO. The van der Waals surface area contributed by atoms with Gasteiger partial charge in [-0.15, -0.1) is 0 Å². The number of benzene rings is 1. The lowest BCUT2D eigenvalue weighted by Gasteiger charge is -2.00. The zero-order chi connectivity index (χ0) is 9.97. The monoisotopic (exact) mass is 207 g/mol. The van der Waals surface area contributed by atoms with Gasteiger partial charge in [-0.3, -0.25) is 0 Å². The van der Waals surface area contributed by atoms with Crippen LogP contribution >= 0.6 is 11.6 Å². The number of halogens is 1. The van der Waals surface area contributed by atoms with E-state index in [0.717, 1.165) is 17.5 Å². The number of aryl methyl sites for hydroxylation is 1. The third kappa shape index (κ3) is 1.66. The van der Waals surface area contributed by atoms with E-state index < -0.39 is 0 Å². The third-order valence-corrected chi connectivity index (χ3v) is 2.45. The highest BCUT2D eigenvalue weighted by Gasteiger charge is 2.07. The van der Waals surface area contributed by atoms with Gasteiger partial charge >= 0.3 is 0 Å². The molecule has 0 saturated heterocycles. The maximum Gasteiger partial charge on any atom is 0.233 e. The molecule has 0 atom stereocenters. The van der Waals surface area contributed by atoms with Crippen LogP contribution in [0, 0.1) is 0 Å². The van der Waals surface area contributed by atoms with Crippen LogP contribution in [0.3, 0.4) is 0 Å². The van der Waals surface area contributed by atoms with Crippen LogP contribution in [0.2, 0.25) is 5.22 Å². The molecule has 3 heteroatoms. The fourth-order valence-corrected chi connectivity index (χ4v) is 1.57. The first-order valence-corrected chi connectivity index (χ1v) is 4.88. The van der Waals surface area contributed by atoms with Crippen LogP contribution < -0.4 is 0 Å². The molecule has 72 valence electrons. The van der Waals surface area contributed by atoms with Gasteiger partial charge in [-0.1, -0.05) is 36.3 Å². The van der Waals surface area contributed by atoms with E-state index in [1.165, 1.54) is 5.56 Å². The van der Waals surface area contributed by atoms with Gasteiger partial charge in [0.05, 0.1) is 11.8 Å². The summed E-state index contributed by atoms with van der Waals surface area (Å²) >= 11 is 5.84. The van der Waals surface area contributed by atoms with E-state index in [-0.39, 0.29) is 0 Å². The van der Waals surface area contributed by atoms with Crippen LogP contribution in [-0.4, -0.2) is 5.16 Å². The summed E-state index contributed by atoms with van der Waals surface area (Å²) in [5, 5.41) is 3.99. The first-order valence-electron chi connectivity index (χ1n) is 4.50. The molecule has 0 radical (unpaired) electrons. The lowest BCUT2D eigenvalue weighted by atomic mass is 10.1. The number of hydrogen-bond donors (Lipinski definition) is 0. The van der Waals surface area contributed by atoms with Crippen molar-refractivity contribution in [1.82, 2.24) is 5.16 Å². The second-order valence-electron chi connectivity index (χ2n) is 3.07. The first-order chi connectivity index (χ1) is 6.81. The Hall–Kier alpha value is -1.28. The summed E-state index contributed by atoms with van der Waals surface area (Å²) in [6.45, 7) is 2.12. The van der Waals surface area contributed by atoms with Crippen LogP contribution in [0.1, 0.15) is 12.5 Å². The van der Waals surface area contributed by atoms with E-state index in [9.17, 15) is 0 Å². The predicted octanol–water partition coefficient (Wildman–Crippen LogP) is 3.56. The Bertz CT molecular complexity index is 436. The summed E-state index contributed by atoms with van der Waals surface area (Å²) in [5.74, 6) is 0. The van der Waals surface area contributed by atoms with Crippen LogP contribution in [0.4, 0.5) is 0 Å². The van der Waals surface area contributed by atoms with E-state index in [1.54, 1.807) is 6.20 Å². The molecule has 0 saturated carbocycles. The minimum Gasteiger partial charge on any atom is -0.344 e. The summed E-state index contributed by atoms with van der Waals surface area (Å²) in [5.41, 5.74) is 3.18. The van der Waals surface area contributed by atoms with Crippen molar-refractivity contribution in [3.8, 4) is 11.1 Å². The van der Waals surface area contributed by atoms with Crippen LogP contribution in [0.25, 0.3) is 11.1 Å². The normalized spacial score (nSPS) is 10.4. The Morgan fingerprint density at radius 3 is 2.93 bits per heavy atom. The van der Waals surface area contributed by atoms with E-state index in [1.807, 2.05) is 12.1 Å². The first kappa shape index (κ1) is 9.28. The van der Waals surface area contributed by atoms with Gasteiger partial charge in [0, 0.05) is 0 Å². The Labute approximate surface area is 87.5 Å². The summed E-state index contributed by atoms with van der Waals surface area (Å²) in [6.07, 6.45) is 2.65. The summed E-state index contributed by atoms with van der Waals surface area (Å²) < 4.78 is 4.81. The number of aromatic nitrogens is 1. The number of hydrogen-bond acceptors (Lipinski definition) is 2. The summed E-state index contributed by atoms with van der Waals surface area (Å²) in [4.78, 5) is 0. The standard InChI is InChI=1S/C11H10ClNO/c1-2-8-4-3-5-9(6-8)10-7-13-14-11(10)12/h3-7H,2H2,1H3. The minimum absolute atomic E-state index is 0.346. The molecule has 0 fully saturated rings. The molecule has 0 aliphatic carbocycles. The van der Waals surface area contributed by atoms with Crippen molar-refractivity contribution >= 4 is 11.6 Å². The maximum atomic E-state index is 5.84. The van der Waals surface area contributed by atoms with Crippen molar-refractivity contribution in [3.63, 3.8) is 0 Å². The zero-order valence-electron chi connectivity index (χ0n) is 7.83. The molecule has 0 N–H and O–H groups in total. The van der Waals surface area contributed by atoms with Crippen molar-refractivity contribution in [2.45, 2.75) is 13.3 Å². The van der Waals surface area contributed by atoms with Gasteiger partial charge in [0.1, 0.15) is 0 Å². The quantitative estimate of drug-likeness (QED) is 0.753. The molecule has 1 aromatic heterocycles. The molecule has 2 rings (SSSR count). The summed E-state index contributed by atoms with van der Waals surface area (Å²) in [6, 6.07) is 8.19. The lowest BCUT2D eigenvalue weighted by Crippen LogP contribution is -1.81. The van der Waals surface area contributed by atoms with Gasteiger partial charge in [-0.2, -0.15) is 0 Å². The molecule has 0 amide bonds. The Kier molecular flexibility index (Phi) is 2.55. The van der Waals surface area contributed by atoms with Gasteiger partial charge in [-0.25, -0.2) is 0 Å². The molecule has 1 heterocycles. The minimum atomic E-state index is 0.346. The fraction of sp³-hybridized carbons (Fsp3) is 0.182.